The monoisotopic (exact) mass is 255 g/mol. The molecule has 1 saturated carbocycles. The van der Waals surface area contributed by atoms with Crippen molar-refractivity contribution in [3.63, 3.8) is 0 Å². The first-order valence-electron chi connectivity index (χ1n) is 5.77. The van der Waals surface area contributed by atoms with Crippen molar-refractivity contribution in [3.05, 3.63) is 16.1 Å². The number of hydrogen-bond donors (Lipinski definition) is 2. The van der Waals surface area contributed by atoms with Crippen LogP contribution in [-0.4, -0.2) is 40.2 Å². The van der Waals surface area contributed by atoms with Crippen molar-refractivity contribution in [3.8, 4) is 0 Å². The van der Waals surface area contributed by atoms with E-state index < -0.39 is 0 Å². The van der Waals surface area contributed by atoms with Crippen LogP contribution in [0.3, 0.4) is 0 Å². The molecule has 2 rings (SSSR count). The maximum atomic E-state index is 11.9. The average molecular weight is 255 g/mol. The largest absolute Gasteiger partial charge is 0.395 e. The van der Waals surface area contributed by atoms with Gasteiger partial charge in [0.2, 0.25) is 0 Å². The molecule has 5 nitrogen and oxygen atoms in total. The van der Waals surface area contributed by atoms with Crippen LogP contribution in [0.2, 0.25) is 0 Å². The highest BCUT2D eigenvalue weighted by molar-refractivity contribution is 7.11. The lowest BCUT2D eigenvalue weighted by Gasteiger charge is -2.21. The first-order valence-corrected chi connectivity index (χ1v) is 6.59. The number of nitrogens with zero attached hydrogens (tertiary/aromatic N) is 2. The Hall–Kier alpha value is -1.14. The van der Waals surface area contributed by atoms with E-state index in [0.29, 0.717) is 19.1 Å². The first-order chi connectivity index (χ1) is 8.20. The second-order valence-electron chi connectivity index (χ2n) is 4.17. The fourth-order valence-corrected chi connectivity index (χ4v) is 2.41. The van der Waals surface area contributed by atoms with E-state index in [9.17, 15) is 4.79 Å². The zero-order chi connectivity index (χ0) is 12.3. The van der Waals surface area contributed by atoms with Gasteiger partial charge in [0.1, 0.15) is 5.01 Å². The molecule has 0 bridgehead atoms. The molecule has 0 radical (unpaired) electrons. The molecular formula is C11H17N3O2S. The van der Waals surface area contributed by atoms with Crippen LogP contribution in [0.15, 0.2) is 6.20 Å². The normalized spacial score (nSPS) is 14.7. The number of carbonyl (C=O) groups excluding carboxylic acids is 1. The van der Waals surface area contributed by atoms with Crippen LogP contribution in [0.5, 0.6) is 0 Å². The molecule has 0 aliphatic heterocycles. The van der Waals surface area contributed by atoms with E-state index >= 15 is 0 Å². The van der Waals surface area contributed by atoms with Gasteiger partial charge in [0, 0.05) is 23.7 Å². The number of aliphatic hydroxyl groups is 1. The van der Waals surface area contributed by atoms with E-state index in [1.165, 1.54) is 0 Å². The van der Waals surface area contributed by atoms with Gasteiger partial charge in [-0.2, -0.15) is 0 Å². The number of aryl methyl sites for hydroxylation is 1. The number of nitrogens with one attached hydrogen (secondary N) is 1. The zero-order valence-electron chi connectivity index (χ0n) is 9.85. The number of amides is 2. The summed E-state index contributed by atoms with van der Waals surface area (Å²) in [7, 11) is 0. The molecule has 0 atom stereocenters. The maximum Gasteiger partial charge on any atom is 0.318 e. The van der Waals surface area contributed by atoms with Crippen molar-refractivity contribution in [1.82, 2.24) is 15.2 Å². The molecule has 1 fully saturated rings. The van der Waals surface area contributed by atoms with Crippen LogP contribution >= 0.6 is 11.3 Å². The van der Waals surface area contributed by atoms with Crippen LogP contribution in [0.4, 0.5) is 4.79 Å². The molecule has 0 saturated heterocycles. The minimum Gasteiger partial charge on any atom is -0.395 e. The van der Waals surface area contributed by atoms with Crippen LogP contribution < -0.4 is 5.32 Å². The second-order valence-corrected chi connectivity index (χ2v) is 5.49. The Kier molecular flexibility index (Phi) is 3.96. The Labute approximate surface area is 104 Å². The van der Waals surface area contributed by atoms with E-state index in [1.54, 1.807) is 22.4 Å². The topological polar surface area (TPSA) is 65.5 Å². The number of thiazole rings is 1. The Balaban J connectivity index is 1.82. The van der Waals surface area contributed by atoms with Gasteiger partial charge in [-0.15, -0.1) is 11.3 Å². The highest BCUT2D eigenvalue weighted by Crippen LogP contribution is 2.26. The van der Waals surface area contributed by atoms with Crippen molar-refractivity contribution in [1.29, 1.82) is 0 Å². The van der Waals surface area contributed by atoms with Crippen molar-refractivity contribution in [2.75, 3.05) is 13.2 Å². The van der Waals surface area contributed by atoms with Crippen molar-refractivity contribution in [2.24, 2.45) is 0 Å². The van der Waals surface area contributed by atoms with E-state index in [1.807, 2.05) is 6.92 Å². The van der Waals surface area contributed by atoms with Crippen LogP contribution in [0.25, 0.3) is 0 Å². The predicted octanol–water partition coefficient (Wildman–Crippen LogP) is 1.12. The lowest BCUT2D eigenvalue weighted by atomic mass is 10.5. The van der Waals surface area contributed by atoms with Gasteiger partial charge in [-0.3, -0.25) is 0 Å². The Morgan fingerprint density at radius 3 is 3.00 bits per heavy atom. The third-order valence-corrected chi connectivity index (χ3v) is 3.56. The van der Waals surface area contributed by atoms with E-state index in [2.05, 4.69) is 10.3 Å². The summed E-state index contributed by atoms with van der Waals surface area (Å²) in [5, 5.41) is 12.7. The molecule has 1 aliphatic rings. The van der Waals surface area contributed by atoms with Crippen molar-refractivity contribution >= 4 is 17.4 Å². The van der Waals surface area contributed by atoms with Gasteiger partial charge in [-0.25, -0.2) is 9.78 Å². The lowest BCUT2D eigenvalue weighted by molar-refractivity contribution is 0.173. The van der Waals surface area contributed by atoms with Crippen LogP contribution in [-0.2, 0) is 6.54 Å². The third-order valence-electron chi connectivity index (χ3n) is 2.65. The molecule has 0 spiro atoms. The summed E-state index contributed by atoms with van der Waals surface area (Å²) < 4.78 is 0. The van der Waals surface area contributed by atoms with Gasteiger partial charge in [0.05, 0.1) is 13.2 Å². The summed E-state index contributed by atoms with van der Waals surface area (Å²) in [6.45, 7) is 2.88. The summed E-state index contributed by atoms with van der Waals surface area (Å²) in [6.07, 6.45) is 3.89. The van der Waals surface area contributed by atoms with E-state index in [0.717, 1.165) is 22.7 Å². The molecule has 17 heavy (non-hydrogen) atoms. The number of urea groups is 1. The van der Waals surface area contributed by atoms with Gasteiger partial charge in [-0.1, -0.05) is 0 Å². The third kappa shape index (κ3) is 3.41. The minimum absolute atomic E-state index is 0.0142. The smallest absolute Gasteiger partial charge is 0.318 e. The molecule has 94 valence electrons. The van der Waals surface area contributed by atoms with Crippen LogP contribution in [0.1, 0.15) is 22.7 Å². The van der Waals surface area contributed by atoms with Gasteiger partial charge in [0.25, 0.3) is 0 Å². The van der Waals surface area contributed by atoms with Gasteiger partial charge < -0.3 is 15.3 Å². The summed E-state index contributed by atoms with van der Waals surface area (Å²) in [6, 6.07) is 0.217. The molecule has 2 amide bonds. The fourth-order valence-electron chi connectivity index (χ4n) is 1.68. The molecule has 1 aromatic heterocycles. The number of carbonyl (C=O) groups is 1. The molecule has 2 N–H and O–H groups in total. The maximum absolute atomic E-state index is 11.9. The summed E-state index contributed by atoms with van der Waals surface area (Å²) in [4.78, 5) is 18.9. The molecule has 6 heteroatoms. The zero-order valence-corrected chi connectivity index (χ0v) is 10.7. The van der Waals surface area contributed by atoms with Gasteiger partial charge >= 0.3 is 6.03 Å². The SMILES string of the molecule is Cc1cnc(CNC(=O)N(CCO)C2CC2)s1. The number of rotatable bonds is 5. The summed E-state index contributed by atoms with van der Waals surface area (Å²) in [5.41, 5.74) is 0. The highest BCUT2D eigenvalue weighted by Gasteiger charge is 2.31. The van der Waals surface area contributed by atoms with E-state index in [-0.39, 0.29) is 12.6 Å². The summed E-state index contributed by atoms with van der Waals surface area (Å²) in [5.74, 6) is 0. The standard InChI is InChI=1S/C11H17N3O2S/c1-8-6-12-10(17-8)7-13-11(16)14(4-5-15)9-2-3-9/h6,9,15H,2-5,7H2,1H3,(H,13,16). The fraction of sp³-hybridized carbons (Fsp3) is 0.636. The van der Waals surface area contributed by atoms with Crippen LogP contribution in [0, 0.1) is 6.92 Å². The minimum atomic E-state index is -0.102. The second kappa shape index (κ2) is 5.46. The Morgan fingerprint density at radius 2 is 2.47 bits per heavy atom. The number of hydrogen-bond acceptors (Lipinski definition) is 4. The molecule has 1 aliphatic carbocycles. The molecular weight excluding hydrogens is 238 g/mol. The average Bonchev–Trinajstić information content (AvgIpc) is 3.06. The molecule has 1 heterocycles. The number of aromatic nitrogens is 1. The Morgan fingerprint density at radius 1 is 1.71 bits per heavy atom. The Bertz CT molecular complexity index is 390. The lowest BCUT2D eigenvalue weighted by Crippen LogP contribution is -2.42. The molecule has 0 unspecified atom stereocenters. The van der Waals surface area contributed by atoms with Crippen molar-refractivity contribution in [2.45, 2.75) is 32.4 Å². The molecule has 1 aromatic rings. The molecule has 0 aromatic carbocycles. The highest BCUT2D eigenvalue weighted by atomic mass is 32.1. The number of aliphatic hydroxyl groups excluding tert-OH is 1. The van der Waals surface area contributed by atoms with Crippen molar-refractivity contribution < 1.29 is 9.90 Å². The first kappa shape index (κ1) is 12.3. The van der Waals surface area contributed by atoms with Gasteiger partial charge in [0.15, 0.2) is 0 Å². The quantitative estimate of drug-likeness (QED) is 0.828. The summed E-state index contributed by atoms with van der Waals surface area (Å²) >= 11 is 1.59. The van der Waals surface area contributed by atoms with Gasteiger partial charge in [-0.05, 0) is 19.8 Å². The predicted molar refractivity (Wildman–Crippen MR) is 65.9 cm³/mol. The van der Waals surface area contributed by atoms with E-state index in [4.69, 9.17) is 5.11 Å².